The van der Waals surface area contributed by atoms with Crippen molar-refractivity contribution in [2.75, 3.05) is 0 Å². The number of hydrogen-bond donors (Lipinski definition) is 0. The van der Waals surface area contributed by atoms with Crippen molar-refractivity contribution in [3.63, 3.8) is 0 Å². The largest absolute Gasteiger partial charge is 0.410 e. The number of rotatable bonds is 2. The monoisotopic (exact) mass is 342 g/mol. The molecule has 1 unspecified atom stereocenters. The molecule has 0 amide bonds. The van der Waals surface area contributed by atoms with Crippen molar-refractivity contribution in [1.82, 2.24) is 0 Å². The summed E-state index contributed by atoms with van der Waals surface area (Å²) in [5, 5.41) is 0.286. The van der Waals surface area contributed by atoms with Crippen LogP contribution >= 0.6 is 0 Å². The van der Waals surface area contributed by atoms with Crippen LogP contribution in [0, 0.1) is 40.4 Å². The maximum Gasteiger partial charge on any atom is 0.192 e. The minimum Gasteiger partial charge on any atom is -0.410 e. The van der Waals surface area contributed by atoms with Gasteiger partial charge < -0.3 is 4.43 Å². The smallest absolute Gasteiger partial charge is 0.192 e. The van der Waals surface area contributed by atoms with Crippen molar-refractivity contribution in [2.45, 2.75) is 71.7 Å². The third-order valence-corrected chi connectivity index (χ3v) is 13.3. The SMILES string of the molecule is CC1(C)C[C@@]23C(=C[C@@H]4C=C[C@H]5[C@@H](C[C@@H]42)[C@@H]53)C1O[Si](C)(C)C(C)(C)C. The Morgan fingerprint density at radius 1 is 1.17 bits per heavy atom. The molecule has 6 aliphatic carbocycles. The molecule has 0 radical (unpaired) electrons. The molecule has 0 aliphatic heterocycles. The molecule has 7 atom stereocenters. The summed E-state index contributed by atoms with van der Waals surface area (Å²) in [6, 6.07) is 0. The van der Waals surface area contributed by atoms with Gasteiger partial charge in [-0.05, 0) is 71.6 Å². The molecule has 0 heterocycles. The predicted molar refractivity (Wildman–Crippen MR) is 102 cm³/mol. The maximum atomic E-state index is 7.12. The highest BCUT2D eigenvalue weighted by Crippen LogP contribution is 2.82. The Morgan fingerprint density at radius 3 is 2.54 bits per heavy atom. The molecule has 132 valence electrons. The van der Waals surface area contributed by atoms with Crippen LogP contribution in [0.3, 0.4) is 0 Å². The molecule has 6 aliphatic rings. The molecule has 0 aromatic heterocycles. The first-order chi connectivity index (χ1) is 11.0. The van der Waals surface area contributed by atoms with Crippen LogP contribution in [0.2, 0.25) is 18.1 Å². The zero-order chi connectivity index (χ0) is 17.3. The van der Waals surface area contributed by atoms with Gasteiger partial charge in [0, 0.05) is 5.41 Å². The van der Waals surface area contributed by atoms with Crippen molar-refractivity contribution in [2.24, 2.45) is 40.4 Å². The molecule has 6 bridgehead atoms. The Hall–Kier alpha value is -0.343. The molecule has 0 aromatic rings. The number of hydrogen-bond acceptors (Lipinski definition) is 1. The fraction of sp³-hybridized carbons (Fsp3) is 0.818. The van der Waals surface area contributed by atoms with Crippen LogP contribution in [0.25, 0.3) is 0 Å². The zero-order valence-electron chi connectivity index (χ0n) is 16.5. The van der Waals surface area contributed by atoms with Crippen LogP contribution in [0.1, 0.15) is 47.5 Å². The van der Waals surface area contributed by atoms with E-state index in [9.17, 15) is 0 Å². The van der Waals surface area contributed by atoms with E-state index < -0.39 is 8.32 Å². The molecule has 1 spiro atoms. The molecule has 0 aromatic carbocycles. The van der Waals surface area contributed by atoms with E-state index in [1.165, 1.54) is 12.8 Å². The molecule has 2 heteroatoms. The Bertz CT molecular complexity index is 664. The van der Waals surface area contributed by atoms with Gasteiger partial charge in [-0.1, -0.05) is 52.8 Å². The van der Waals surface area contributed by atoms with Gasteiger partial charge in [-0.2, -0.15) is 0 Å². The minimum atomic E-state index is -1.75. The van der Waals surface area contributed by atoms with Crippen LogP contribution in [-0.4, -0.2) is 14.4 Å². The zero-order valence-corrected chi connectivity index (χ0v) is 17.5. The van der Waals surface area contributed by atoms with Gasteiger partial charge in [-0.15, -0.1) is 0 Å². The molecule has 3 saturated carbocycles. The lowest BCUT2D eigenvalue weighted by Gasteiger charge is -2.42. The van der Waals surface area contributed by atoms with E-state index in [0.717, 1.165) is 23.7 Å². The maximum absolute atomic E-state index is 7.12. The fourth-order valence-electron chi connectivity index (χ4n) is 6.92. The third kappa shape index (κ3) is 1.66. The first-order valence-corrected chi connectivity index (χ1v) is 13.0. The van der Waals surface area contributed by atoms with Crippen LogP contribution < -0.4 is 0 Å². The van der Waals surface area contributed by atoms with Gasteiger partial charge in [-0.3, -0.25) is 0 Å². The summed E-state index contributed by atoms with van der Waals surface area (Å²) in [6.07, 6.45) is 11.0. The summed E-state index contributed by atoms with van der Waals surface area (Å²) in [6.45, 7) is 17.0. The van der Waals surface area contributed by atoms with E-state index in [0.29, 0.717) is 17.4 Å². The molecular weight excluding hydrogens is 308 g/mol. The Balaban J connectivity index is 1.57. The topological polar surface area (TPSA) is 9.23 Å². The summed E-state index contributed by atoms with van der Waals surface area (Å²) in [4.78, 5) is 0. The molecule has 0 N–H and O–H groups in total. The van der Waals surface area contributed by atoms with Crippen LogP contribution in [0.5, 0.6) is 0 Å². The van der Waals surface area contributed by atoms with Crippen molar-refractivity contribution in [3.05, 3.63) is 23.8 Å². The Labute approximate surface area is 149 Å². The summed E-state index contributed by atoms with van der Waals surface area (Å²) in [7, 11) is -1.75. The molecule has 24 heavy (non-hydrogen) atoms. The molecule has 3 fully saturated rings. The summed E-state index contributed by atoms with van der Waals surface area (Å²) < 4.78 is 7.12. The van der Waals surface area contributed by atoms with Gasteiger partial charge in [0.2, 0.25) is 0 Å². The summed E-state index contributed by atoms with van der Waals surface area (Å²) in [5.41, 5.74) is 2.53. The Morgan fingerprint density at radius 2 is 1.88 bits per heavy atom. The van der Waals surface area contributed by atoms with Gasteiger partial charge >= 0.3 is 0 Å². The standard InChI is InChI=1S/C22H34OSi/c1-20(2,3)24(6,7)23-19-17-10-13-8-9-14-15-11-16(13)22(17,18(14)15)12-21(19,4)5/h8-10,13-16,18-19H,11-12H2,1-7H3/t13-,14-,15+,16-,18+,19?,22-/m0/s1. The van der Waals surface area contributed by atoms with E-state index in [2.05, 4.69) is 65.9 Å². The number of allylic oxidation sites excluding steroid dienone is 3. The average Bonchev–Trinajstić information content (AvgIpc) is 2.90. The molecule has 6 rings (SSSR count). The van der Waals surface area contributed by atoms with Gasteiger partial charge in [-0.25, -0.2) is 0 Å². The summed E-state index contributed by atoms with van der Waals surface area (Å²) in [5.74, 6) is 4.45. The van der Waals surface area contributed by atoms with E-state index in [4.69, 9.17) is 4.43 Å². The van der Waals surface area contributed by atoms with Gasteiger partial charge in [0.05, 0.1) is 6.10 Å². The summed E-state index contributed by atoms with van der Waals surface area (Å²) >= 11 is 0. The van der Waals surface area contributed by atoms with Gasteiger partial charge in [0.1, 0.15) is 0 Å². The highest BCUT2D eigenvalue weighted by atomic mass is 28.4. The third-order valence-electron chi connectivity index (χ3n) is 8.90. The van der Waals surface area contributed by atoms with Crippen LogP contribution in [0.4, 0.5) is 0 Å². The average molecular weight is 343 g/mol. The second-order valence-electron chi connectivity index (χ2n) is 11.7. The van der Waals surface area contributed by atoms with E-state index >= 15 is 0 Å². The first-order valence-electron chi connectivity index (χ1n) is 10.1. The minimum absolute atomic E-state index is 0.286. The highest BCUT2D eigenvalue weighted by molar-refractivity contribution is 6.74. The second-order valence-corrected chi connectivity index (χ2v) is 16.4. The second kappa shape index (κ2) is 4.14. The highest BCUT2D eigenvalue weighted by Gasteiger charge is 2.77. The normalized spacial score (nSPS) is 49.9. The molecule has 1 nitrogen and oxygen atoms in total. The fourth-order valence-corrected chi connectivity index (χ4v) is 8.31. The van der Waals surface area contributed by atoms with Crippen molar-refractivity contribution < 1.29 is 4.43 Å². The van der Waals surface area contributed by atoms with E-state index in [1.807, 2.05) is 0 Å². The molecular formula is C22H34OSi. The lowest BCUT2D eigenvalue weighted by atomic mass is 9.69. The van der Waals surface area contributed by atoms with Crippen molar-refractivity contribution in [3.8, 4) is 0 Å². The quantitative estimate of drug-likeness (QED) is 0.455. The van der Waals surface area contributed by atoms with Crippen molar-refractivity contribution in [1.29, 1.82) is 0 Å². The van der Waals surface area contributed by atoms with Crippen LogP contribution in [0.15, 0.2) is 23.8 Å². The van der Waals surface area contributed by atoms with Gasteiger partial charge in [0.25, 0.3) is 0 Å². The lowest BCUT2D eigenvalue weighted by Crippen LogP contribution is -2.46. The van der Waals surface area contributed by atoms with E-state index in [1.54, 1.807) is 5.57 Å². The predicted octanol–water partition coefficient (Wildman–Crippen LogP) is 5.80. The van der Waals surface area contributed by atoms with Crippen LogP contribution in [-0.2, 0) is 4.43 Å². The van der Waals surface area contributed by atoms with Crippen molar-refractivity contribution >= 4 is 8.32 Å². The van der Waals surface area contributed by atoms with Gasteiger partial charge in [0.15, 0.2) is 8.32 Å². The molecule has 0 saturated heterocycles. The Kier molecular flexibility index (Phi) is 2.74. The van der Waals surface area contributed by atoms with E-state index in [-0.39, 0.29) is 10.5 Å². The first kappa shape index (κ1) is 15.9. The lowest BCUT2D eigenvalue weighted by molar-refractivity contribution is 0.103.